The van der Waals surface area contributed by atoms with Gasteiger partial charge in [0, 0.05) is 19.1 Å². The molecule has 0 amide bonds. The van der Waals surface area contributed by atoms with E-state index in [2.05, 4.69) is 4.90 Å². The van der Waals surface area contributed by atoms with E-state index >= 15 is 0 Å². The van der Waals surface area contributed by atoms with Crippen molar-refractivity contribution in [3.63, 3.8) is 0 Å². The van der Waals surface area contributed by atoms with E-state index in [4.69, 9.17) is 5.11 Å². The largest absolute Gasteiger partial charge is 0.393 e. The van der Waals surface area contributed by atoms with Gasteiger partial charge in [0.2, 0.25) is 0 Å². The lowest BCUT2D eigenvalue weighted by Crippen LogP contribution is -2.43. The summed E-state index contributed by atoms with van der Waals surface area (Å²) in [7, 11) is 0. The average Bonchev–Trinajstić information content (AvgIpc) is 2.73. The van der Waals surface area contributed by atoms with Crippen molar-refractivity contribution >= 4 is 0 Å². The zero-order valence-electron chi connectivity index (χ0n) is 8.39. The van der Waals surface area contributed by atoms with Gasteiger partial charge in [-0.3, -0.25) is 4.90 Å². The first-order chi connectivity index (χ1) is 6.64. The Hall–Kier alpha value is -0.160. The minimum Gasteiger partial charge on any atom is -0.393 e. The molecule has 3 N–H and O–H groups in total. The predicted octanol–water partition coefficient (Wildman–Crippen LogP) is -0.671. The average molecular weight is 201 g/mol. The van der Waals surface area contributed by atoms with Gasteiger partial charge < -0.3 is 15.3 Å². The molecule has 0 aromatic carbocycles. The Balaban J connectivity index is 1.95. The van der Waals surface area contributed by atoms with Crippen LogP contribution in [0.5, 0.6) is 0 Å². The van der Waals surface area contributed by atoms with Gasteiger partial charge in [0.05, 0.1) is 12.7 Å². The van der Waals surface area contributed by atoms with E-state index in [1.807, 2.05) is 0 Å². The van der Waals surface area contributed by atoms with E-state index < -0.39 is 5.60 Å². The predicted molar refractivity (Wildman–Crippen MR) is 51.9 cm³/mol. The molecule has 1 saturated heterocycles. The number of β-amino-alcohol motifs (C(OH)–C–C–N with tert-alkyl or cyclic N) is 1. The van der Waals surface area contributed by atoms with Crippen molar-refractivity contribution in [1.82, 2.24) is 4.90 Å². The Kier molecular flexibility index (Phi) is 2.79. The van der Waals surface area contributed by atoms with Crippen molar-refractivity contribution in [2.75, 3.05) is 19.7 Å². The molecule has 1 unspecified atom stereocenters. The van der Waals surface area contributed by atoms with Crippen molar-refractivity contribution in [2.24, 2.45) is 0 Å². The fourth-order valence-electron chi connectivity index (χ4n) is 2.65. The molecule has 0 spiro atoms. The topological polar surface area (TPSA) is 63.9 Å². The number of nitrogens with zero attached hydrogens (tertiary/aromatic N) is 1. The molecule has 0 bridgehead atoms. The lowest BCUT2D eigenvalue weighted by molar-refractivity contribution is -0.0141. The van der Waals surface area contributed by atoms with Crippen LogP contribution in [-0.2, 0) is 0 Å². The van der Waals surface area contributed by atoms with Gasteiger partial charge in [-0.15, -0.1) is 0 Å². The summed E-state index contributed by atoms with van der Waals surface area (Å²) < 4.78 is 0. The van der Waals surface area contributed by atoms with Gasteiger partial charge in [0.25, 0.3) is 0 Å². The zero-order chi connectivity index (χ0) is 10.2. The molecular weight excluding hydrogens is 182 g/mol. The van der Waals surface area contributed by atoms with Crippen LogP contribution in [-0.4, -0.2) is 57.7 Å². The molecule has 0 aromatic heterocycles. The van der Waals surface area contributed by atoms with Crippen molar-refractivity contribution in [3.8, 4) is 0 Å². The summed E-state index contributed by atoms with van der Waals surface area (Å²) in [5, 5.41) is 28.6. The molecule has 14 heavy (non-hydrogen) atoms. The monoisotopic (exact) mass is 201 g/mol. The maximum atomic E-state index is 9.84. The summed E-state index contributed by atoms with van der Waals surface area (Å²) in [5.41, 5.74) is -0.928. The molecule has 4 heteroatoms. The highest BCUT2D eigenvalue weighted by atomic mass is 16.3. The number of aliphatic hydroxyl groups is 3. The van der Waals surface area contributed by atoms with E-state index in [9.17, 15) is 10.2 Å². The molecule has 82 valence electrons. The lowest BCUT2D eigenvalue weighted by atomic mass is 10.1. The summed E-state index contributed by atoms with van der Waals surface area (Å²) in [6, 6.07) is 0.204. The fourth-order valence-corrected chi connectivity index (χ4v) is 2.65. The SMILES string of the molecule is OCC1(O)CCN([C@@H]2CCC[C@H]2O)C1. The van der Waals surface area contributed by atoms with Crippen molar-refractivity contribution in [1.29, 1.82) is 0 Å². The van der Waals surface area contributed by atoms with Crippen LogP contribution in [0, 0.1) is 0 Å². The van der Waals surface area contributed by atoms with E-state index in [0.29, 0.717) is 13.0 Å². The first-order valence-electron chi connectivity index (χ1n) is 5.40. The molecule has 1 heterocycles. The molecule has 1 aliphatic heterocycles. The maximum absolute atomic E-state index is 9.84. The van der Waals surface area contributed by atoms with Gasteiger partial charge in [-0.2, -0.15) is 0 Å². The third kappa shape index (κ3) is 1.80. The summed E-state index contributed by atoms with van der Waals surface area (Å²) in [5.74, 6) is 0. The second kappa shape index (κ2) is 3.77. The zero-order valence-corrected chi connectivity index (χ0v) is 8.39. The molecule has 2 aliphatic rings. The number of likely N-dealkylation sites (tertiary alicyclic amines) is 1. The lowest BCUT2D eigenvalue weighted by Gasteiger charge is -2.28. The molecule has 4 nitrogen and oxygen atoms in total. The first kappa shape index (κ1) is 10.4. The van der Waals surface area contributed by atoms with Crippen LogP contribution in [0.4, 0.5) is 0 Å². The van der Waals surface area contributed by atoms with Crippen LogP contribution < -0.4 is 0 Å². The Labute approximate surface area is 84.2 Å². The molecule has 2 rings (SSSR count). The Morgan fingerprint density at radius 2 is 2.14 bits per heavy atom. The van der Waals surface area contributed by atoms with Gasteiger partial charge in [0.15, 0.2) is 0 Å². The highest BCUT2D eigenvalue weighted by molar-refractivity contribution is 4.95. The standard InChI is InChI=1S/C10H19NO3/c12-7-10(14)4-5-11(6-10)8-2-1-3-9(8)13/h8-9,12-14H,1-7H2/t8-,9-,10?/m1/s1. The van der Waals surface area contributed by atoms with Crippen LogP contribution in [0.15, 0.2) is 0 Å². The van der Waals surface area contributed by atoms with E-state index in [1.54, 1.807) is 0 Å². The van der Waals surface area contributed by atoms with Crippen molar-refractivity contribution in [3.05, 3.63) is 0 Å². The minimum atomic E-state index is -0.928. The summed E-state index contributed by atoms with van der Waals surface area (Å²) in [6.07, 6.45) is 3.34. The number of hydrogen-bond acceptors (Lipinski definition) is 4. The Bertz CT molecular complexity index is 212. The van der Waals surface area contributed by atoms with Gasteiger partial charge in [-0.05, 0) is 25.7 Å². The normalized spacial score (nSPS) is 44.8. The highest BCUT2D eigenvalue weighted by Gasteiger charge is 2.41. The fraction of sp³-hybridized carbons (Fsp3) is 1.00. The number of aliphatic hydroxyl groups excluding tert-OH is 2. The van der Waals surface area contributed by atoms with Gasteiger partial charge in [-0.25, -0.2) is 0 Å². The molecule has 0 aromatic rings. The number of rotatable bonds is 2. The number of hydrogen-bond donors (Lipinski definition) is 3. The molecule has 0 radical (unpaired) electrons. The Morgan fingerprint density at radius 1 is 1.36 bits per heavy atom. The van der Waals surface area contributed by atoms with Gasteiger partial charge in [-0.1, -0.05) is 0 Å². The first-order valence-corrected chi connectivity index (χ1v) is 5.40. The van der Waals surface area contributed by atoms with Crippen LogP contribution in [0.1, 0.15) is 25.7 Å². The van der Waals surface area contributed by atoms with E-state index in [0.717, 1.165) is 25.8 Å². The van der Waals surface area contributed by atoms with Crippen molar-refractivity contribution < 1.29 is 15.3 Å². The second-order valence-electron chi connectivity index (χ2n) is 4.67. The molecule has 2 fully saturated rings. The minimum absolute atomic E-state index is 0.174. The summed E-state index contributed by atoms with van der Waals surface area (Å²) in [4.78, 5) is 2.12. The maximum Gasteiger partial charge on any atom is 0.102 e. The summed E-state index contributed by atoms with van der Waals surface area (Å²) in [6.45, 7) is 1.12. The van der Waals surface area contributed by atoms with Crippen molar-refractivity contribution in [2.45, 2.75) is 43.4 Å². The van der Waals surface area contributed by atoms with Crippen LogP contribution >= 0.6 is 0 Å². The van der Waals surface area contributed by atoms with Gasteiger partial charge in [0.1, 0.15) is 5.60 Å². The second-order valence-corrected chi connectivity index (χ2v) is 4.67. The molecule has 3 atom stereocenters. The summed E-state index contributed by atoms with van der Waals surface area (Å²) >= 11 is 0. The van der Waals surface area contributed by atoms with Gasteiger partial charge >= 0.3 is 0 Å². The highest BCUT2D eigenvalue weighted by Crippen LogP contribution is 2.30. The quantitative estimate of drug-likeness (QED) is 0.554. The van der Waals surface area contributed by atoms with Crippen LogP contribution in [0.3, 0.4) is 0 Å². The molecule has 1 aliphatic carbocycles. The van der Waals surface area contributed by atoms with E-state index in [-0.39, 0.29) is 18.8 Å². The Morgan fingerprint density at radius 3 is 2.64 bits per heavy atom. The molecule has 1 saturated carbocycles. The third-order valence-electron chi connectivity index (χ3n) is 3.57. The molecular formula is C10H19NO3. The third-order valence-corrected chi connectivity index (χ3v) is 3.57. The van der Waals surface area contributed by atoms with Crippen LogP contribution in [0.2, 0.25) is 0 Å². The van der Waals surface area contributed by atoms with Crippen LogP contribution in [0.25, 0.3) is 0 Å². The smallest absolute Gasteiger partial charge is 0.102 e. The van der Waals surface area contributed by atoms with E-state index in [1.165, 1.54) is 0 Å².